The van der Waals surface area contributed by atoms with Gasteiger partial charge >= 0.3 is 11.9 Å². The molecule has 0 radical (unpaired) electrons. The predicted octanol–water partition coefficient (Wildman–Crippen LogP) is 2.38. The maximum atomic E-state index is 12.7. The summed E-state index contributed by atoms with van der Waals surface area (Å²) in [6.45, 7) is 5.16. The van der Waals surface area contributed by atoms with E-state index in [1.165, 1.54) is 25.7 Å². The fraction of sp³-hybridized carbons (Fsp3) is 0.579. The lowest BCUT2D eigenvalue weighted by molar-refractivity contribution is -0.159. The van der Waals surface area contributed by atoms with Gasteiger partial charge in [-0.05, 0) is 43.0 Å². The van der Waals surface area contributed by atoms with E-state index in [2.05, 4.69) is 11.8 Å². The molecule has 1 aliphatic carbocycles. The van der Waals surface area contributed by atoms with Gasteiger partial charge in [0.25, 0.3) is 0 Å². The summed E-state index contributed by atoms with van der Waals surface area (Å²) in [4.78, 5) is 21.0. The molecule has 0 amide bonds. The third-order valence-electron chi connectivity index (χ3n) is 5.33. The van der Waals surface area contributed by atoms with Crippen LogP contribution in [0.25, 0.3) is 0 Å². The monoisotopic (exact) mass is 446 g/mol. The van der Waals surface area contributed by atoms with Crippen LogP contribution in [-0.4, -0.2) is 72.0 Å². The summed E-state index contributed by atoms with van der Waals surface area (Å²) < 4.78 is 27.0. The van der Waals surface area contributed by atoms with Crippen LogP contribution in [0.2, 0.25) is 5.02 Å². The van der Waals surface area contributed by atoms with Crippen molar-refractivity contribution in [3.8, 4) is 0 Å². The number of sulfonamides is 1. The number of aliphatic carboxylic acids is 2. The number of piperazine rings is 1. The molecule has 1 saturated heterocycles. The van der Waals surface area contributed by atoms with Gasteiger partial charge in [-0.2, -0.15) is 4.31 Å². The van der Waals surface area contributed by atoms with Gasteiger partial charge in [0.2, 0.25) is 10.0 Å². The largest absolute Gasteiger partial charge is 0.473 e. The predicted molar refractivity (Wildman–Crippen MR) is 108 cm³/mol. The van der Waals surface area contributed by atoms with Crippen LogP contribution < -0.4 is 0 Å². The molecule has 2 N–H and O–H groups in total. The molecule has 1 heterocycles. The van der Waals surface area contributed by atoms with Gasteiger partial charge in [0.1, 0.15) is 0 Å². The Hall–Kier alpha value is -1.68. The van der Waals surface area contributed by atoms with Gasteiger partial charge in [-0.25, -0.2) is 18.0 Å². The molecule has 29 heavy (non-hydrogen) atoms. The molecule has 1 aliphatic heterocycles. The van der Waals surface area contributed by atoms with Crippen LogP contribution in [0.5, 0.6) is 0 Å². The molecule has 1 saturated carbocycles. The molecule has 8 nitrogen and oxygen atoms in total. The van der Waals surface area contributed by atoms with E-state index in [1.54, 1.807) is 28.6 Å². The van der Waals surface area contributed by atoms with Crippen LogP contribution in [0.15, 0.2) is 29.2 Å². The first-order valence-corrected chi connectivity index (χ1v) is 11.4. The lowest BCUT2D eigenvalue weighted by atomic mass is 9.86. The summed E-state index contributed by atoms with van der Waals surface area (Å²) in [6.07, 6.45) is 5.15. The zero-order valence-electron chi connectivity index (χ0n) is 16.3. The quantitative estimate of drug-likeness (QED) is 0.685. The molecular weight excluding hydrogens is 420 g/mol. The first-order chi connectivity index (χ1) is 13.6. The van der Waals surface area contributed by atoms with Crippen molar-refractivity contribution < 1.29 is 28.2 Å². The van der Waals surface area contributed by atoms with E-state index in [4.69, 9.17) is 31.4 Å². The molecule has 0 aromatic heterocycles. The van der Waals surface area contributed by atoms with Gasteiger partial charge in [0.05, 0.1) is 4.90 Å². The Morgan fingerprint density at radius 3 is 2.03 bits per heavy atom. The topological polar surface area (TPSA) is 115 Å². The van der Waals surface area contributed by atoms with Gasteiger partial charge in [0, 0.05) is 37.2 Å². The molecule has 2 aliphatic rings. The molecule has 1 aromatic rings. The number of nitrogens with zero attached hydrogens (tertiary/aromatic N) is 2. The Balaban J connectivity index is 0.000000438. The number of rotatable bonds is 3. The summed E-state index contributed by atoms with van der Waals surface area (Å²) in [5, 5.41) is 15.3. The van der Waals surface area contributed by atoms with Crippen LogP contribution >= 0.6 is 11.6 Å². The highest BCUT2D eigenvalue weighted by atomic mass is 35.5. The second-order valence-corrected chi connectivity index (χ2v) is 9.80. The van der Waals surface area contributed by atoms with Crippen molar-refractivity contribution in [3.63, 3.8) is 0 Å². The van der Waals surface area contributed by atoms with E-state index in [0.29, 0.717) is 29.0 Å². The zero-order valence-corrected chi connectivity index (χ0v) is 17.9. The van der Waals surface area contributed by atoms with Crippen molar-refractivity contribution >= 4 is 33.6 Å². The van der Waals surface area contributed by atoms with Crippen LogP contribution in [-0.2, 0) is 19.6 Å². The van der Waals surface area contributed by atoms with Crippen molar-refractivity contribution in [2.45, 2.75) is 43.5 Å². The Kier molecular flexibility index (Phi) is 8.45. The summed E-state index contributed by atoms with van der Waals surface area (Å²) >= 11 is 5.85. The van der Waals surface area contributed by atoms with Gasteiger partial charge < -0.3 is 10.2 Å². The van der Waals surface area contributed by atoms with Gasteiger partial charge in [-0.3, -0.25) is 4.90 Å². The highest BCUT2D eigenvalue weighted by molar-refractivity contribution is 7.89. The van der Waals surface area contributed by atoms with E-state index in [0.717, 1.165) is 19.0 Å². The smallest absolute Gasteiger partial charge is 0.414 e. The normalized spacial score (nSPS) is 23.7. The van der Waals surface area contributed by atoms with Gasteiger partial charge in [0.15, 0.2) is 0 Å². The minimum absolute atomic E-state index is 0.335. The lowest BCUT2D eigenvalue weighted by Crippen LogP contribution is -2.52. The van der Waals surface area contributed by atoms with E-state index in [1.807, 2.05) is 0 Å². The van der Waals surface area contributed by atoms with Crippen molar-refractivity contribution in [1.82, 2.24) is 9.21 Å². The standard InChI is InChI=1S/C17H25ClN2O2S.C2H2O4/c1-14-3-2-4-16(13-14)19-9-11-20(12-10-19)23(21,22)17-7-5-15(18)6-8-17;3-1(4)2(5)6/h5-8,14,16H,2-4,9-13H2,1H3;(H,3,4)(H,5,6). The molecule has 0 spiro atoms. The van der Waals surface area contributed by atoms with E-state index in [9.17, 15) is 8.42 Å². The maximum Gasteiger partial charge on any atom is 0.414 e. The molecule has 0 bridgehead atoms. The average molecular weight is 447 g/mol. The maximum absolute atomic E-state index is 12.7. The van der Waals surface area contributed by atoms with Crippen LogP contribution in [0.4, 0.5) is 0 Å². The Labute approximate surface area is 176 Å². The highest BCUT2D eigenvalue weighted by Gasteiger charge is 2.32. The number of halogens is 1. The molecule has 2 atom stereocenters. The summed E-state index contributed by atoms with van der Waals surface area (Å²) in [5.41, 5.74) is 0. The second-order valence-electron chi connectivity index (χ2n) is 7.43. The van der Waals surface area contributed by atoms with E-state index in [-0.39, 0.29) is 0 Å². The van der Waals surface area contributed by atoms with Gasteiger partial charge in [-0.1, -0.05) is 31.4 Å². The Morgan fingerprint density at radius 2 is 1.55 bits per heavy atom. The third-order valence-corrected chi connectivity index (χ3v) is 7.50. The first kappa shape index (κ1) is 23.6. The number of benzene rings is 1. The average Bonchev–Trinajstić information content (AvgIpc) is 2.69. The van der Waals surface area contributed by atoms with E-state index >= 15 is 0 Å². The number of carboxylic acid groups (broad SMARTS) is 2. The Bertz CT molecular complexity index is 794. The third kappa shape index (κ3) is 6.67. The fourth-order valence-corrected chi connectivity index (χ4v) is 5.35. The number of carboxylic acids is 2. The van der Waals surface area contributed by atoms with E-state index < -0.39 is 22.0 Å². The Morgan fingerprint density at radius 1 is 1.00 bits per heavy atom. The minimum Gasteiger partial charge on any atom is -0.473 e. The lowest BCUT2D eigenvalue weighted by Gasteiger charge is -2.41. The minimum atomic E-state index is -3.40. The molecule has 10 heteroatoms. The highest BCUT2D eigenvalue weighted by Crippen LogP contribution is 2.28. The summed E-state index contributed by atoms with van der Waals surface area (Å²) in [5.74, 6) is -2.85. The molecule has 1 aromatic carbocycles. The van der Waals surface area contributed by atoms with Crippen LogP contribution in [0, 0.1) is 5.92 Å². The molecular formula is C19H27ClN2O6S. The van der Waals surface area contributed by atoms with Gasteiger partial charge in [-0.15, -0.1) is 0 Å². The molecule has 2 fully saturated rings. The SMILES string of the molecule is CC1CCCC(N2CCN(S(=O)(=O)c3ccc(Cl)cc3)CC2)C1.O=C(O)C(=O)O. The summed E-state index contributed by atoms with van der Waals surface area (Å²) in [7, 11) is -3.40. The van der Waals surface area contributed by atoms with Crippen molar-refractivity contribution in [3.05, 3.63) is 29.3 Å². The fourth-order valence-electron chi connectivity index (χ4n) is 3.80. The first-order valence-electron chi connectivity index (χ1n) is 9.57. The molecule has 162 valence electrons. The van der Waals surface area contributed by atoms with Crippen molar-refractivity contribution in [2.75, 3.05) is 26.2 Å². The molecule has 3 rings (SSSR count). The number of carbonyl (C=O) groups is 2. The van der Waals surface area contributed by atoms with Crippen LogP contribution in [0.1, 0.15) is 32.6 Å². The molecule has 2 unspecified atom stereocenters. The summed E-state index contributed by atoms with van der Waals surface area (Å²) in [6, 6.07) is 7.08. The number of hydrogen-bond donors (Lipinski definition) is 2. The van der Waals surface area contributed by atoms with Crippen molar-refractivity contribution in [1.29, 1.82) is 0 Å². The number of hydrogen-bond acceptors (Lipinski definition) is 5. The van der Waals surface area contributed by atoms with Crippen molar-refractivity contribution in [2.24, 2.45) is 5.92 Å². The van der Waals surface area contributed by atoms with Crippen LogP contribution in [0.3, 0.4) is 0 Å². The zero-order chi connectivity index (χ0) is 21.6. The second kappa shape index (κ2) is 10.4.